The molecule has 122 valence electrons. The van der Waals surface area contributed by atoms with E-state index in [1.807, 2.05) is 6.07 Å². The van der Waals surface area contributed by atoms with Crippen LogP contribution < -0.4 is 0 Å². The maximum Gasteiger partial charge on any atom is 0.246 e. The van der Waals surface area contributed by atoms with Gasteiger partial charge in [0.05, 0.1) is 0 Å². The van der Waals surface area contributed by atoms with Gasteiger partial charge in [0.1, 0.15) is 16.5 Å². The van der Waals surface area contributed by atoms with Crippen LogP contribution in [-0.4, -0.2) is 35.8 Å². The van der Waals surface area contributed by atoms with Crippen molar-refractivity contribution in [2.24, 2.45) is 0 Å². The van der Waals surface area contributed by atoms with E-state index in [0.29, 0.717) is 18.9 Å². The number of hydrogen-bond acceptors (Lipinski definition) is 4. The van der Waals surface area contributed by atoms with Crippen molar-refractivity contribution in [2.75, 3.05) is 13.1 Å². The predicted molar refractivity (Wildman–Crippen MR) is 83.9 cm³/mol. The first-order valence-corrected chi connectivity index (χ1v) is 8.97. The van der Waals surface area contributed by atoms with Gasteiger partial charge in [0.15, 0.2) is 0 Å². The van der Waals surface area contributed by atoms with E-state index >= 15 is 0 Å². The summed E-state index contributed by atoms with van der Waals surface area (Å²) in [4.78, 5) is 8.20. The zero-order chi connectivity index (χ0) is 16.4. The number of halogens is 1. The van der Waals surface area contributed by atoms with Crippen LogP contribution in [0.5, 0.6) is 0 Å². The highest BCUT2D eigenvalue weighted by Gasteiger charge is 2.32. The highest BCUT2D eigenvalue weighted by Crippen LogP contribution is 2.29. The second kappa shape index (κ2) is 6.33. The largest absolute Gasteiger partial charge is 0.246 e. The summed E-state index contributed by atoms with van der Waals surface area (Å²) < 4.78 is 40.7. The highest BCUT2D eigenvalue weighted by molar-refractivity contribution is 7.89. The van der Waals surface area contributed by atoms with Crippen molar-refractivity contribution in [3.63, 3.8) is 0 Å². The van der Waals surface area contributed by atoms with Crippen LogP contribution in [-0.2, 0) is 10.0 Å². The summed E-state index contributed by atoms with van der Waals surface area (Å²) in [6.07, 6.45) is 3.27. The zero-order valence-corrected chi connectivity index (χ0v) is 13.6. The molecular weight excluding hydrogens is 317 g/mol. The van der Waals surface area contributed by atoms with E-state index in [-0.39, 0.29) is 10.8 Å². The lowest BCUT2D eigenvalue weighted by atomic mass is 9.96. The van der Waals surface area contributed by atoms with Gasteiger partial charge in [0.2, 0.25) is 10.0 Å². The number of aromatic nitrogens is 2. The number of rotatable bonds is 3. The molecule has 1 saturated heterocycles. The molecule has 1 atom stereocenters. The number of hydrogen-bond donors (Lipinski definition) is 0. The fourth-order valence-corrected chi connectivity index (χ4v) is 4.49. The minimum atomic E-state index is -3.83. The third kappa shape index (κ3) is 3.25. The molecule has 5 nitrogen and oxygen atoms in total. The third-order valence-corrected chi connectivity index (χ3v) is 5.95. The Labute approximate surface area is 135 Å². The van der Waals surface area contributed by atoms with Crippen molar-refractivity contribution in [3.8, 4) is 0 Å². The number of nitrogens with zero attached hydrogens (tertiary/aromatic N) is 3. The summed E-state index contributed by atoms with van der Waals surface area (Å²) >= 11 is 0. The number of piperidine rings is 1. The number of benzene rings is 1. The first kappa shape index (κ1) is 16.0. The Bertz CT molecular complexity index is 810. The Balaban J connectivity index is 1.88. The van der Waals surface area contributed by atoms with Gasteiger partial charge in [-0.2, -0.15) is 4.31 Å². The Morgan fingerprint density at radius 3 is 2.78 bits per heavy atom. The third-order valence-electron chi connectivity index (χ3n) is 4.05. The summed E-state index contributed by atoms with van der Waals surface area (Å²) in [5, 5.41) is 0. The van der Waals surface area contributed by atoms with E-state index in [0.717, 1.165) is 18.5 Å². The van der Waals surface area contributed by atoms with Crippen LogP contribution in [0.4, 0.5) is 4.39 Å². The molecule has 0 spiro atoms. The number of sulfonamides is 1. The lowest BCUT2D eigenvalue weighted by Gasteiger charge is -2.31. The molecule has 1 aliphatic heterocycles. The van der Waals surface area contributed by atoms with Crippen LogP contribution >= 0.6 is 0 Å². The molecule has 7 heteroatoms. The lowest BCUT2D eigenvalue weighted by molar-refractivity contribution is 0.311. The minimum Gasteiger partial charge on any atom is -0.242 e. The van der Waals surface area contributed by atoms with Gasteiger partial charge in [-0.3, -0.25) is 0 Å². The number of aryl methyl sites for hydroxylation is 1. The monoisotopic (exact) mass is 335 g/mol. The maximum atomic E-state index is 13.9. The van der Waals surface area contributed by atoms with Gasteiger partial charge in [-0.25, -0.2) is 22.8 Å². The van der Waals surface area contributed by atoms with E-state index in [1.54, 1.807) is 13.1 Å². The van der Waals surface area contributed by atoms with Gasteiger partial charge in [-0.05, 0) is 38.0 Å². The topological polar surface area (TPSA) is 63.2 Å². The second-order valence-electron chi connectivity index (χ2n) is 5.66. The van der Waals surface area contributed by atoms with Crippen molar-refractivity contribution in [2.45, 2.75) is 30.6 Å². The molecule has 1 aromatic carbocycles. The molecule has 1 aliphatic rings. The molecule has 1 unspecified atom stereocenters. The molecule has 0 aliphatic carbocycles. The SMILES string of the molecule is Cc1nccc(C2CCCN(S(=O)(=O)c3ccccc3F)C2)n1. The van der Waals surface area contributed by atoms with Crippen molar-refractivity contribution < 1.29 is 12.8 Å². The molecule has 0 bridgehead atoms. The molecule has 0 radical (unpaired) electrons. The second-order valence-corrected chi connectivity index (χ2v) is 7.57. The van der Waals surface area contributed by atoms with Crippen LogP contribution in [0.2, 0.25) is 0 Å². The molecule has 0 N–H and O–H groups in total. The summed E-state index contributed by atoms with van der Waals surface area (Å²) in [7, 11) is -3.83. The normalized spacial score (nSPS) is 19.7. The molecule has 23 heavy (non-hydrogen) atoms. The van der Waals surface area contributed by atoms with Gasteiger partial charge >= 0.3 is 0 Å². The maximum absolute atomic E-state index is 13.9. The van der Waals surface area contributed by atoms with Crippen LogP contribution in [0.3, 0.4) is 0 Å². The molecule has 0 saturated carbocycles. The molecule has 1 aromatic heterocycles. The fraction of sp³-hybridized carbons (Fsp3) is 0.375. The van der Waals surface area contributed by atoms with E-state index in [2.05, 4.69) is 9.97 Å². The van der Waals surface area contributed by atoms with Crippen LogP contribution in [0, 0.1) is 12.7 Å². The molecule has 2 heterocycles. The smallest absolute Gasteiger partial charge is 0.242 e. The van der Waals surface area contributed by atoms with Gasteiger partial charge < -0.3 is 0 Å². The van der Waals surface area contributed by atoms with Crippen molar-refractivity contribution in [1.82, 2.24) is 14.3 Å². The Kier molecular flexibility index (Phi) is 4.41. The molecule has 3 rings (SSSR count). The summed E-state index contributed by atoms with van der Waals surface area (Å²) in [6, 6.07) is 7.31. The van der Waals surface area contributed by atoms with E-state index in [1.165, 1.54) is 28.6 Å². The zero-order valence-electron chi connectivity index (χ0n) is 12.8. The molecule has 1 fully saturated rings. The highest BCUT2D eigenvalue weighted by atomic mass is 32.2. The molecule has 2 aromatic rings. The Morgan fingerprint density at radius 2 is 2.04 bits per heavy atom. The average molecular weight is 335 g/mol. The first-order valence-electron chi connectivity index (χ1n) is 7.53. The van der Waals surface area contributed by atoms with Gasteiger partial charge in [-0.15, -0.1) is 0 Å². The first-order chi connectivity index (χ1) is 11.0. The van der Waals surface area contributed by atoms with Crippen LogP contribution in [0.25, 0.3) is 0 Å². The predicted octanol–water partition coefficient (Wildman–Crippen LogP) is 2.49. The van der Waals surface area contributed by atoms with Gasteiger partial charge in [-0.1, -0.05) is 12.1 Å². The summed E-state index contributed by atoms with van der Waals surface area (Å²) in [5.41, 5.74) is 0.839. The average Bonchev–Trinajstić information content (AvgIpc) is 2.55. The lowest BCUT2D eigenvalue weighted by Crippen LogP contribution is -2.39. The van der Waals surface area contributed by atoms with E-state index in [9.17, 15) is 12.8 Å². The van der Waals surface area contributed by atoms with Crippen LogP contribution in [0.15, 0.2) is 41.4 Å². The molecular formula is C16H18FN3O2S. The fourth-order valence-electron chi connectivity index (χ4n) is 2.90. The van der Waals surface area contributed by atoms with Crippen molar-refractivity contribution >= 4 is 10.0 Å². The quantitative estimate of drug-likeness (QED) is 0.864. The van der Waals surface area contributed by atoms with Gasteiger partial charge in [0, 0.05) is 30.9 Å². The Morgan fingerprint density at radius 1 is 1.26 bits per heavy atom. The van der Waals surface area contributed by atoms with Crippen molar-refractivity contribution in [3.05, 3.63) is 53.9 Å². The van der Waals surface area contributed by atoms with Crippen LogP contribution in [0.1, 0.15) is 30.3 Å². The van der Waals surface area contributed by atoms with Gasteiger partial charge in [0.25, 0.3) is 0 Å². The summed E-state index contributed by atoms with van der Waals surface area (Å²) in [6.45, 7) is 2.52. The standard InChI is InChI=1S/C16H18FN3O2S/c1-12-18-9-8-15(19-12)13-5-4-10-20(11-13)23(21,22)16-7-3-2-6-14(16)17/h2-3,6-9,13H,4-5,10-11H2,1H3. The minimum absolute atomic E-state index is 0.00648. The van der Waals surface area contributed by atoms with E-state index < -0.39 is 15.8 Å². The summed E-state index contributed by atoms with van der Waals surface area (Å²) in [5.74, 6) is -0.0453. The Hall–Kier alpha value is -1.86. The van der Waals surface area contributed by atoms with E-state index in [4.69, 9.17) is 0 Å². The van der Waals surface area contributed by atoms with Crippen molar-refractivity contribution in [1.29, 1.82) is 0 Å². The molecule has 0 amide bonds.